The molecule has 0 fully saturated rings. The molecule has 0 atom stereocenters. The summed E-state index contributed by atoms with van der Waals surface area (Å²) in [5.74, 6) is -0.525. The number of nitrogens with zero attached hydrogens (tertiary/aromatic N) is 5. The molecular formula is C8H5N5O4. The van der Waals surface area contributed by atoms with Gasteiger partial charge in [0.05, 0.1) is 10.6 Å². The molecule has 2 rings (SSSR count). The molecular weight excluding hydrogens is 230 g/mol. The second-order valence-electron chi connectivity index (χ2n) is 3.02. The molecule has 0 aliphatic carbocycles. The quantitative estimate of drug-likeness (QED) is 0.580. The van der Waals surface area contributed by atoms with E-state index in [0.717, 1.165) is 0 Å². The lowest BCUT2D eigenvalue weighted by molar-refractivity contribution is -0.394. The topological polar surface area (TPSA) is 117 Å². The Labute approximate surface area is 93.6 Å². The van der Waals surface area contributed by atoms with Gasteiger partial charge in [-0.05, 0) is 17.1 Å². The molecule has 0 amide bonds. The van der Waals surface area contributed by atoms with Gasteiger partial charge in [-0.25, -0.2) is 0 Å². The summed E-state index contributed by atoms with van der Waals surface area (Å²) in [5, 5.41) is 24.4. The molecule has 0 radical (unpaired) electrons. The Morgan fingerprint density at radius 1 is 1.06 bits per heavy atom. The Kier molecular flexibility index (Phi) is 2.49. The number of benzene rings is 1. The molecule has 86 valence electrons. The molecule has 0 saturated carbocycles. The van der Waals surface area contributed by atoms with E-state index in [-0.39, 0.29) is 5.69 Å². The maximum absolute atomic E-state index is 10.4. The van der Waals surface area contributed by atoms with Crippen molar-refractivity contribution in [3.8, 4) is 5.69 Å². The molecule has 1 heterocycles. The van der Waals surface area contributed by atoms with Crippen LogP contribution in [0.1, 0.15) is 0 Å². The highest BCUT2D eigenvalue weighted by molar-refractivity contribution is 5.40. The van der Waals surface area contributed by atoms with Crippen LogP contribution in [-0.2, 0) is 0 Å². The molecule has 0 unspecified atom stereocenters. The van der Waals surface area contributed by atoms with Crippen LogP contribution in [0.3, 0.4) is 0 Å². The van der Waals surface area contributed by atoms with Crippen molar-refractivity contribution in [1.82, 2.24) is 14.8 Å². The molecule has 2 aromatic rings. The van der Waals surface area contributed by atoms with Crippen LogP contribution in [-0.4, -0.2) is 24.6 Å². The number of hydrogen-bond acceptors (Lipinski definition) is 6. The smallest absolute Gasteiger partial charge is 0.390 e. The fourth-order valence-electron chi connectivity index (χ4n) is 1.19. The Morgan fingerprint density at radius 3 is 2.18 bits per heavy atom. The van der Waals surface area contributed by atoms with Crippen molar-refractivity contribution in [2.45, 2.75) is 0 Å². The van der Waals surface area contributed by atoms with E-state index in [4.69, 9.17) is 0 Å². The Balaban J connectivity index is 2.33. The molecule has 0 aliphatic heterocycles. The summed E-state index contributed by atoms with van der Waals surface area (Å²) in [6.07, 6.45) is 1.17. The van der Waals surface area contributed by atoms with Crippen molar-refractivity contribution in [1.29, 1.82) is 0 Å². The maximum Gasteiger partial charge on any atom is 0.491 e. The van der Waals surface area contributed by atoms with Crippen molar-refractivity contribution < 1.29 is 9.85 Å². The molecule has 0 N–H and O–H groups in total. The van der Waals surface area contributed by atoms with Crippen LogP contribution in [0.15, 0.2) is 30.6 Å². The lowest BCUT2D eigenvalue weighted by Crippen LogP contribution is -1.97. The molecule has 1 aromatic carbocycles. The summed E-state index contributed by atoms with van der Waals surface area (Å²) in [6, 6.07) is 5.42. The molecule has 0 saturated heterocycles. The first-order chi connectivity index (χ1) is 8.08. The first kappa shape index (κ1) is 10.7. The zero-order valence-corrected chi connectivity index (χ0v) is 8.26. The molecule has 17 heavy (non-hydrogen) atoms. The van der Waals surface area contributed by atoms with Gasteiger partial charge < -0.3 is 10.1 Å². The number of nitro benzene ring substituents is 1. The van der Waals surface area contributed by atoms with Crippen LogP contribution in [0.2, 0.25) is 0 Å². The van der Waals surface area contributed by atoms with E-state index >= 15 is 0 Å². The zero-order valence-electron chi connectivity index (χ0n) is 8.26. The highest BCUT2D eigenvalue weighted by atomic mass is 16.6. The third kappa shape index (κ3) is 2.07. The van der Waals surface area contributed by atoms with E-state index in [0.29, 0.717) is 5.69 Å². The number of rotatable bonds is 3. The normalized spacial score (nSPS) is 10.1. The second-order valence-corrected chi connectivity index (χ2v) is 3.02. The van der Waals surface area contributed by atoms with Gasteiger partial charge in [0.2, 0.25) is 6.33 Å². The third-order valence-corrected chi connectivity index (χ3v) is 1.97. The third-order valence-electron chi connectivity index (χ3n) is 1.97. The van der Waals surface area contributed by atoms with Crippen molar-refractivity contribution >= 4 is 11.6 Å². The van der Waals surface area contributed by atoms with Crippen molar-refractivity contribution in [3.05, 3.63) is 50.8 Å². The Morgan fingerprint density at radius 2 is 1.71 bits per heavy atom. The highest BCUT2D eigenvalue weighted by Gasteiger charge is 2.14. The first-order valence-electron chi connectivity index (χ1n) is 4.39. The molecule has 0 aliphatic rings. The van der Waals surface area contributed by atoms with Crippen molar-refractivity contribution in [2.24, 2.45) is 0 Å². The summed E-state index contributed by atoms with van der Waals surface area (Å²) in [5.41, 5.74) is 0.388. The van der Waals surface area contributed by atoms with E-state index in [2.05, 4.69) is 10.1 Å². The minimum atomic E-state index is -0.720. The fourth-order valence-corrected chi connectivity index (χ4v) is 1.19. The average molecular weight is 235 g/mol. The van der Waals surface area contributed by atoms with E-state index in [1.54, 1.807) is 0 Å². The monoisotopic (exact) mass is 235 g/mol. The molecule has 9 heteroatoms. The molecule has 1 aromatic heterocycles. The largest absolute Gasteiger partial charge is 0.491 e. The predicted octanol–water partition coefficient (Wildman–Crippen LogP) is 1.08. The minimum absolute atomic E-state index is 0.0663. The van der Waals surface area contributed by atoms with Crippen molar-refractivity contribution in [2.75, 3.05) is 0 Å². The van der Waals surface area contributed by atoms with Crippen LogP contribution in [0, 0.1) is 20.2 Å². The second kappa shape index (κ2) is 3.96. The number of non-ortho nitro benzene ring substituents is 1. The lowest BCUT2D eigenvalue weighted by Gasteiger charge is -1.95. The summed E-state index contributed by atoms with van der Waals surface area (Å²) in [4.78, 5) is 23.0. The maximum atomic E-state index is 10.4. The van der Waals surface area contributed by atoms with Gasteiger partial charge in [0, 0.05) is 17.2 Å². The number of nitro groups is 2. The summed E-state index contributed by atoms with van der Waals surface area (Å²) in [7, 11) is 0. The highest BCUT2D eigenvalue weighted by Crippen LogP contribution is 2.15. The van der Waals surface area contributed by atoms with Gasteiger partial charge in [-0.1, -0.05) is 4.98 Å². The summed E-state index contributed by atoms with van der Waals surface area (Å²) >= 11 is 0. The number of aromatic nitrogens is 3. The van der Waals surface area contributed by atoms with Crippen LogP contribution >= 0.6 is 0 Å². The van der Waals surface area contributed by atoms with Crippen LogP contribution in [0.25, 0.3) is 5.69 Å². The van der Waals surface area contributed by atoms with Gasteiger partial charge in [-0.2, -0.15) is 0 Å². The van der Waals surface area contributed by atoms with Crippen LogP contribution in [0.5, 0.6) is 0 Å². The summed E-state index contributed by atoms with van der Waals surface area (Å²) in [6.45, 7) is 0. The lowest BCUT2D eigenvalue weighted by atomic mass is 10.3. The molecule has 0 bridgehead atoms. The minimum Gasteiger partial charge on any atom is -0.390 e. The predicted molar refractivity (Wildman–Crippen MR) is 54.7 cm³/mol. The van der Waals surface area contributed by atoms with E-state index in [9.17, 15) is 20.2 Å². The Bertz CT molecular complexity index is 576. The SMILES string of the molecule is O=[N+]([O-])c1ccc(-n2cnc([N+](=O)[O-])n2)cc1. The average Bonchev–Trinajstić information content (AvgIpc) is 2.78. The molecule has 0 spiro atoms. The van der Waals surface area contributed by atoms with Gasteiger partial charge >= 0.3 is 5.95 Å². The van der Waals surface area contributed by atoms with E-state index in [1.807, 2.05) is 0 Å². The van der Waals surface area contributed by atoms with Gasteiger partial charge in [0.15, 0.2) is 0 Å². The zero-order chi connectivity index (χ0) is 12.4. The van der Waals surface area contributed by atoms with Crippen LogP contribution < -0.4 is 0 Å². The Hall–Kier alpha value is -2.84. The molecule has 9 nitrogen and oxygen atoms in total. The van der Waals surface area contributed by atoms with Gasteiger partial charge in [0.1, 0.15) is 0 Å². The van der Waals surface area contributed by atoms with Gasteiger partial charge in [-0.3, -0.25) is 10.1 Å². The van der Waals surface area contributed by atoms with Crippen LogP contribution in [0.4, 0.5) is 11.6 Å². The van der Waals surface area contributed by atoms with E-state index in [1.165, 1.54) is 35.3 Å². The fraction of sp³-hybridized carbons (Fsp3) is 0. The van der Waals surface area contributed by atoms with E-state index < -0.39 is 15.8 Å². The first-order valence-corrected chi connectivity index (χ1v) is 4.39. The van der Waals surface area contributed by atoms with Crippen molar-refractivity contribution in [3.63, 3.8) is 0 Å². The van der Waals surface area contributed by atoms with Gasteiger partial charge in [0.25, 0.3) is 5.69 Å². The standard InChI is InChI=1S/C8H5N5O4/c14-12(15)7-3-1-6(2-4-7)11-5-9-8(10-11)13(16)17/h1-5H. The summed E-state index contributed by atoms with van der Waals surface area (Å²) < 4.78 is 1.17. The van der Waals surface area contributed by atoms with Gasteiger partial charge in [-0.15, -0.1) is 4.68 Å². The number of hydrogen-bond donors (Lipinski definition) is 0.